The number of thiazole rings is 1. The number of benzene rings is 3. The Morgan fingerprint density at radius 3 is 2.07 bits per heavy atom. The summed E-state index contributed by atoms with van der Waals surface area (Å²) in [5, 5.41) is 3.60. The van der Waals surface area contributed by atoms with Crippen LogP contribution in [0.5, 0.6) is 0 Å². The van der Waals surface area contributed by atoms with Crippen LogP contribution in [0.3, 0.4) is 0 Å². The number of hydrogen-bond acceptors (Lipinski definition) is 3. The van der Waals surface area contributed by atoms with Crippen molar-refractivity contribution < 1.29 is 4.79 Å². The first-order valence-electron chi connectivity index (χ1n) is 9.76. The summed E-state index contributed by atoms with van der Waals surface area (Å²) in [6, 6.07) is 28.0. The van der Waals surface area contributed by atoms with Gasteiger partial charge in [0.1, 0.15) is 0 Å². The second-order valence-electron chi connectivity index (χ2n) is 6.80. The second-order valence-corrected chi connectivity index (χ2v) is 7.89. The minimum Gasteiger partial charge on any atom is -0.298 e. The topological polar surface area (TPSA) is 42.0 Å². The van der Waals surface area contributed by atoms with Gasteiger partial charge in [-0.2, -0.15) is 0 Å². The van der Waals surface area contributed by atoms with E-state index in [0.717, 1.165) is 24.1 Å². The molecule has 0 saturated carbocycles. The van der Waals surface area contributed by atoms with Gasteiger partial charge in [-0.05, 0) is 29.7 Å². The molecule has 4 heteroatoms. The van der Waals surface area contributed by atoms with Gasteiger partial charge in [0.2, 0.25) is 0 Å². The van der Waals surface area contributed by atoms with Crippen LogP contribution in [0.2, 0.25) is 0 Å². The number of carbonyl (C=O) groups is 1. The lowest BCUT2D eigenvalue weighted by Gasteiger charge is -2.05. The molecule has 4 rings (SSSR count). The standard InChI is InChI=1S/C25H22N2OS/c1-2-9-22-23(20-16-14-19(15-17-20)18-10-5-3-6-11-18)26-25(29-22)27-24(28)21-12-7-4-8-13-21/h3-8,10-17H,2,9H2,1H3,(H,26,27,28). The first-order chi connectivity index (χ1) is 14.2. The smallest absolute Gasteiger partial charge is 0.257 e. The molecular weight excluding hydrogens is 376 g/mol. The van der Waals surface area contributed by atoms with E-state index in [4.69, 9.17) is 4.98 Å². The van der Waals surface area contributed by atoms with Gasteiger partial charge in [-0.1, -0.05) is 86.1 Å². The van der Waals surface area contributed by atoms with Gasteiger partial charge in [0.05, 0.1) is 5.69 Å². The summed E-state index contributed by atoms with van der Waals surface area (Å²) in [5.41, 5.74) is 5.04. The lowest BCUT2D eigenvalue weighted by atomic mass is 10.0. The highest BCUT2D eigenvalue weighted by Crippen LogP contribution is 2.33. The van der Waals surface area contributed by atoms with Crippen molar-refractivity contribution in [2.45, 2.75) is 19.8 Å². The van der Waals surface area contributed by atoms with E-state index in [-0.39, 0.29) is 5.91 Å². The van der Waals surface area contributed by atoms with E-state index < -0.39 is 0 Å². The molecule has 0 radical (unpaired) electrons. The number of anilines is 1. The summed E-state index contributed by atoms with van der Waals surface area (Å²) >= 11 is 1.56. The highest BCUT2D eigenvalue weighted by atomic mass is 32.1. The van der Waals surface area contributed by atoms with Crippen LogP contribution in [-0.4, -0.2) is 10.9 Å². The molecule has 0 aliphatic heterocycles. The lowest BCUT2D eigenvalue weighted by molar-refractivity contribution is 0.102. The van der Waals surface area contributed by atoms with Gasteiger partial charge in [-0.25, -0.2) is 4.98 Å². The molecule has 0 aliphatic rings. The average molecular weight is 399 g/mol. The van der Waals surface area contributed by atoms with Gasteiger partial charge in [-0.15, -0.1) is 11.3 Å². The van der Waals surface area contributed by atoms with Crippen molar-refractivity contribution in [3.8, 4) is 22.4 Å². The molecule has 0 unspecified atom stereocenters. The summed E-state index contributed by atoms with van der Waals surface area (Å²) in [4.78, 5) is 18.4. The Kier molecular flexibility index (Phi) is 5.82. The fourth-order valence-corrected chi connectivity index (χ4v) is 4.32. The Labute approximate surface area is 175 Å². The first-order valence-corrected chi connectivity index (χ1v) is 10.6. The Balaban J connectivity index is 1.60. The monoisotopic (exact) mass is 398 g/mol. The van der Waals surface area contributed by atoms with Gasteiger partial charge >= 0.3 is 0 Å². The molecule has 1 N–H and O–H groups in total. The van der Waals surface area contributed by atoms with Crippen molar-refractivity contribution in [2.75, 3.05) is 5.32 Å². The van der Waals surface area contributed by atoms with E-state index in [1.165, 1.54) is 16.0 Å². The minimum absolute atomic E-state index is 0.131. The Morgan fingerprint density at radius 2 is 1.41 bits per heavy atom. The maximum Gasteiger partial charge on any atom is 0.257 e. The molecule has 0 fully saturated rings. The third-order valence-electron chi connectivity index (χ3n) is 4.70. The third-order valence-corrected chi connectivity index (χ3v) is 5.73. The fraction of sp³-hybridized carbons (Fsp3) is 0.120. The second kappa shape index (κ2) is 8.84. The highest BCUT2D eigenvalue weighted by Gasteiger charge is 2.15. The van der Waals surface area contributed by atoms with Crippen LogP contribution in [0.1, 0.15) is 28.6 Å². The van der Waals surface area contributed by atoms with Gasteiger partial charge in [0.25, 0.3) is 5.91 Å². The molecule has 29 heavy (non-hydrogen) atoms. The Hall–Kier alpha value is -3.24. The van der Waals surface area contributed by atoms with Crippen LogP contribution in [-0.2, 0) is 6.42 Å². The van der Waals surface area contributed by atoms with Crippen molar-refractivity contribution in [2.24, 2.45) is 0 Å². The van der Waals surface area contributed by atoms with Crippen LogP contribution >= 0.6 is 11.3 Å². The molecule has 0 atom stereocenters. The Morgan fingerprint density at radius 1 is 0.828 bits per heavy atom. The van der Waals surface area contributed by atoms with E-state index in [0.29, 0.717) is 10.7 Å². The average Bonchev–Trinajstić information content (AvgIpc) is 3.17. The van der Waals surface area contributed by atoms with Gasteiger partial charge in [0.15, 0.2) is 5.13 Å². The zero-order chi connectivity index (χ0) is 20.1. The molecular formula is C25H22N2OS. The number of carbonyl (C=O) groups excluding carboxylic acids is 1. The zero-order valence-electron chi connectivity index (χ0n) is 16.3. The third kappa shape index (κ3) is 4.44. The van der Waals surface area contributed by atoms with Gasteiger partial charge in [-0.3, -0.25) is 10.1 Å². The van der Waals surface area contributed by atoms with E-state index >= 15 is 0 Å². The lowest BCUT2D eigenvalue weighted by Crippen LogP contribution is -2.11. The van der Waals surface area contributed by atoms with Crippen LogP contribution in [0, 0.1) is 0 Å². The number of rotatable bonds is 6. The molecule has 144 valence electrons. The van der Waals surface area contributed by atoms with E-state index in [1.54, 1.807) is 23.5 Å². The van der Waals surface area contributed by atoms with Gasteiger partial charge < -0.3 is 0 Å². The van der Waals surface area contributed by atoms with Gasteiger partial charge in [0, 0.05) is 16.0 Å². The number of nitrogens with zero attached hydrogens (tertiary/aromatic N) is 1. The predicted molar refractivity (Wildman–Crippen MR) is 121 cm³/mol. The van der Waals surface area contributed by atoms with E-state index in [1.807, 2.05) is 36.4 Å². The molecule has 1 heterocycles. The van der Waals surface area contributed by atoms with Crippen LogP contribution < -0.4 is 5.32 Å². The number of nitrogens with one attached hydrogen (secondary N) is 1. The maximum absolute atomic E-state index is 12.5. The summed E-state index contributed by atoms with van der Waals surface area (Å²) < 4.78 is 0. The van der Waals surface area contributed by atoms with Crippen molar-refractivity contribution in [3.05, 3.63) is 95.4 Å². The van der Waals surface area contributed by atoms with E-state index in [9.17, 15) is 4.79 Å². The minimum atomic E-state index is -0.131. The summed E-state index contributed by atoms with van der Waals surface area (Å²) in [6.45, 7) is 2.16. The number of aryl methyl sites for hydroxylation is 1. The van der Waals surface area contributed by atoms with E-state index in [2.05, 4.69) is 48.6 Å². The van der Waals surface area contributed by atoms with Crippen LogP contribution in [0.25, 0.3) is 22.4 Å². The largest absolute Gasteiger partial charge is 0.298 e. The molecule has 0 saturated heterocycles. The number of aromatic nitrogens is 1. The van der Waals surface area contributed by atoms with Crippen molar-refractivity contribution in [1.82, 2.24) is 4.98 Å². The molecule has 3 aromatic carbocycles. The highest BCUT2D eigenvalue weighted by molar-refractivity contribution is 7.16. The number of hydrogen-bond donors (Lipinski definition) is 1. The maximum atomic E-state index is 12.5. The zero-order valence-corrected chi connectivity index (χ0v) is 17.1. The first kappa shape index (κ1) is 19.1. The number of amides is 1. The molecule has 0 bridgehead atoms. The Bertz CT molecular complexity index is 1090. The SMILES string of the molecule is CCCc1sc(NC(=O)c2ccccc2)nc1-c1ccc(-c2ccccc2)cc1. The van der Waals surface area contributed by atoms with Crippen molar-refractivity contribution in [1.29, 1.82) is 0 Å². The molecule has 1 amide bonds. The normalized spacial score (nSPS) is 10.7. The fourth-order valence-electron chi connectivity index (χ4n) is 3.24. The summed E-state index contributed by atoms with van der Waals surface area (Å²) in [6.07, 6.45) is 1.97. The molecule has 3 nitrogen and oxygen atoms in total. The van der Waals surface area contributed by atoms with Crippen molar-refractivity contribution >= 4 is 22.4 Å². The molecule has 1 aromatic heterocycles. The van der Waals surface area contributed by atoms with Crippen molar-refractivity contribution in [3.63, 3.8) is 0 Å². The molecule has 0 spiro atoms. The predicted octanol–water partition coefficient (Wildman–Crippen LogP) is 6.68. The van der Waals surface area contributed by atoms with Crippen LogP contribution in [0.4, 0.5) is 5.13 Å². The quantitative estimate of drug-likeness (QED) is 0.393. The summed E-state index contributed by atoms with van der Waals surface area (Å²) in [5.74, 6) is -0.131. The summed E-state index contributed by atoms with van der Waals surface area (Å²) in [7, 11) is 0. The van der Waals surface area contributed by atoms with Crippen LogP contribution in [0.15, 0.2) is 84.9 Å². The molecule has 4 aromatic rings. The molecule has 0 aliphatic carbocycles.